The van der Waals surface area contributed by atoms with Crippen molar-refractivity contribution in [2.24, 2.45) is 0 Å². The summed E-state index contributed by atoms with van der Waals surface area (Å²) in [6.45, 7) is 8.19. The van der Waals surface area contributed by atoms with Crippen LogP contribution in [0.5, 0.6) is 0 Å². The number of carbonyl (C=O) groups excluding carboxylic acids is 2. The van der Waals surface area contributed by atoms with Gasteiger partial charge in [0, 0.05) is 6.92 Å². The topological polar surface area (TPSA) is 70.4 Å². The Bertz CT molecular complexity index is 372. The van der Waals surface area contributed by atoms with Gasteiger partial charge in [0.1, 0.15) is 11.3 Å². The second-order valence-electron chi connectivity index (χ2n) is 4.45. The quantitative estimate of drug-likeness (QED) is 0.326. The van der Waals surface area contributed by atoms with E-state index >= 15 is 0 Å². The van der Waals surface area contributed by atoms with Crippen LogP contribution in [0.4, 0.5) is 0 Å². The third-order valence-electron chi connectivity index (χ3n) is 1.66. The fourth-order valence-electron chi connectivity index (χ4n) is 1.08. The molecule has 0 saturated carbocycles. The van der Waals surface area contributed by atoms with Crippen molar-refractivity contribution in [3.05, 3.63) is 11.8 Å². The van der Waals surface area contributed by atoms with E-state index in [9.17, 15) is 9.59 Å². The maximum absolute atomic E-state index is 11.8. The monoisotopic (exact) mass is 238 g/mol. The molecule has 0 bridgehead atoms. The van der Waals surface area contributed by atoms with Gasteiger partial charge in [-0.3, -0.25) is 4.79 Å². The molecule has 0 aromatic heterocycles. The molecule has 0 aromatic rings. The summed E-state index contributed by atoms with van der Waals surface area (Å²) in [6.07, 6.45) is 3.69. The minimum atomic E-state index is -0.670. The molecule has 0 saturated heterocycles. The van der Waals surface area contributed by atoms with Gasteiger partial charge in [-0.15, -0.1) is 0 Å². The number of nitrogens with zero attached hydrogens (tertiary/aromatic N) is 2. The van der Waals surface area contributed by atoms with E-state index in [0.717, 1.165) is 4.90 Å². The molecule has 5 nitrogen and oxygen atoms in total. The van der Waals surface area contributed by atoms with Gasteiger partial charge in [0.2, 0.25) is 5.91 Å². The number of rotatable bonds is 3. The highest BCUT2D eigenvalue weighted by Gasteiger charge is 2.25. The molecule has 0 atom stereocenters. The van der Waals surface area contributed by atoms with Crippen molar-refractivity contribution in [3.63, 3.8) is 0 Å². The minimum absolute atomic E-state index is 0.0302. The summed E-state index contributed by atoms with van der Waals surface area (Å²) in [5.41, 5.74) is -0.695. The van der Waals surface area contributed by atoms with Crippen molar-refractivity contribution in [3.8, 4) is 6.19 Å². The zero-order valence-electron chi connectivity index (χ0n) is 10.9. The predicted molar refractivity (Wildman–Crippen MR) is 62.4 cm³/mol. The molecule has 0 spiro atoms. The SMILES string of the molecule is CC/C=C(/C(=O)OC(C)(C)C)N(C#N)C(C)=O. The van der Waals surface area contributed by atoms with Crippen LogP contribution in [0.1, 0.15) is 41.0 Å². The molecular formula is C12H18N2O3. The Balaban J connectivity index is 5.14. The van der Waals surface area contributed by atoms with Crippen LogP contribution in [0.25, 0.3) is 0 Å². The Labute approximate surface area is 102 Å². The van der Waals surface area contributed by atoms with Gasteiger partial charge in [-0.2, -0.15) is 5.26 Å². The second-order valence-corrected chi connectivity index (χ2v) is 4.45. The summed E-state index contributed by atoms with van der Waals surface area (Å²) in [7, 11) is 0. The third kappa shape index (κ3) is 5.16. The zero-order chi connectivity index (χ0) is 13.6. The first-order valence-corrected chi connectivity index (χ1v) is 5.36. The number of hydrogen-bond donors (Lipinski definition) is 0. The molecule has 17 heavy (non-hydrogen) atoms. The lowest BCUT2D eigenvalue weighted by molar-refractivity contribution is -0.152. The van der Waals surface area contributed by atoms with Crippen LogP contribution >= 0.6 is 0 Å². The lowest BCUT2D eigenvalue weighted by Crippen LogP contribution is -2.33. The second kappa shape index (κ2) is 6.04. The lowest BCUT2D eigenvalue weighted by Gasteiger charge is -2.22. The van der Waals surface area contributed by atoms with E-state index in [1.54, 1.807) is 33.9 Å². The molecule has 0 aliphatic carbocycles. The molecule has 0 rings (SSSR count). The van der Waals surface area contributed by atoms with E-state index in [2.05, 4.69) is 0 Å². The van der Waals surface area contributed by atoms with Crippen molar-refractivity contribution >= 4 is 11.9 Å². The van der Waals surface area contributed by atoms with Crippen molar-refractivity contribution in [2.75, 3.05) is 0 Å². The summed E-state index contributed by atoms with van der Waals surface area (Å²) < 4.78 is 5.13. The van der Waals surface area contributed by atoms with Crippen molar-refractivity contribution in [1.82, 2.24) is 4.90 Å². The van der Waals surface area contributed by atoms with E-state index in [4.69, 9.17) is 10.00 Å². The third-order valence-corrected chi connectivity index (χ3v) is 1.66. The maximum atomic E-state index is 11.8. The number of carbonyl (C=O) groups is 2. The highest BCUT2D eigenvalue weighted by molar-refractivity contribution is 5.94. The predicted octanol–water partition coefficient (Wildman–Crippen LogP) is 1.95. The van der Waals surface area contributed by atoms with E-state index in [-0.39, 0.29) is 5.70 Å². The Morgan fingerprint density at radius 1 is 1.41 bits per heavy atom. The minimum Gasteiger partial charge on any atom is -0.455 e. The molecule has 5 heteroatoms. The van der Waals surface area contributed by atoms with Gasteiger partial charge in [0.25, 0.3) is 0 Å². The number of esters is 1. The summed E-state index contributed by atoms with van der Waals surface area (Å²) >= 11 is 0. The Morgan fingerprint density at radius 2 is 1.94 bits per heavy atom. The van der Waals surface area contributed by atoms with Gasteiger partial charge in [-0.05, 0) is 27.2 Å². The van der Waals surface area contributed by atoms with Gasteiger partial charge in [0.15, 0.2) is 6.19 Å². The largest absolute Gasteiger partial charge is 0.455 e. The van der Waals surface area contributed by atoms with Crippen LogP contribution in [-0.4, -0.2) is 22.4 Å². The van der Waals surface area contributed by atoms with Crippen LogP contribution < -0.4 is 0 Å². The van der Waals surface area contributed by atoms with E-state index in [1.807, 2.05) is 0 Å². The van der Waals surface area contributed by atoms with Crippen molar-refractivity contribution in [2.45, 2.75) is 46.6 Å². The molecule has 0 aromatic carbocycles. The molecule has 0 aliphatic rings. The molecule has 0 aliphatic heterocycles. The summed E-state index contributed by atoms with van der Waals surface area (Å²) in [6, 6.07) is 0. The molecule has 0 unspecified atom stereocenters. The standard InChI is InChI=1S/C12H18N2O3/c1-6-7-10(14(8-13)9(2)15)11(16)17-12(3,4)5/h7H,6H2,1-5H3/b10-7-. The number of hydrogen-bond acceptors (Lipinski definition) is 4. The summed E-state index contributed by atoms with van der Waals surface area (Å²) in [4.78, 5) is 23.8. The maximum Gasteiger partial charge on any atom is 0.356 e. The molecule has 0 radical (unpaired) electrons. The first-order valence-electron chi connectivity index (χ1n) is 5.36. The number of ether oxygens (including phenoxy) is 1. The molecule has 94 valence electrons. The highest BCUT2D eigenvalue weighted by Crippen LogP contribution is 2.14. The van der Waals surface area contributed by atoms with Crippen molar-refractivity contribution in [1.29, 1.82) is 5.26 Å². The smallest absolute Gasteiger partial charge is 0.356 e. The Hall–Kier alpha value is -1.83. The molecule has 1 amide bonds. The number of allylic oxidation sites excluding steroid dienone is 1. The fourth-order valence-corrected chi connectivity index (χ4v) is 1.08. The number of nitriles is 1. The summed E-state index contributed by atoms with van der Waals surface area (Å²) in [5, 5.41) is 8.85. The first kappa shape index (κ1) is 15.2. The Kier molecular flexibility index (Phi) is 5.39. The van der Waals surface area contributed by atoms with Crippen molar-refractivity contribution < 1.29 is 14.3 Å². The van der Waals surface area contributed by atoms with Gasteiger partial charge in [-0.25, -0.2) is 9.69 Å². The Morgan fingerprint density at radius 3 is 2.24 bits per heavy atom. The van der Waals surface area contributed by atoms with E-state index in [0.29, 0.717) is 6.42 Å². The molecular weight excluding hydrogens is 220 g/mol. The highest BCUT2D eigenvalue weighted by atomic mass is 16.6. The van der Waals surface area contributed by atoms with Gasteiger partial charge >= 0.3 is 5.97 Å². The number of amides is 1. The molecule has 0 heterocycles. The van der Waals surface area contributed by atoms with E-state index < -0.39 is 17.5 Å². The van der Waals surface area contributed by atoms with Gasteiger partial charge < -0.3 is 4.74 Å². The molecule has 0 fully saturated rings. The average Bonchev–Trinajstić information content (AvgIpc) is 2.14. The lowest BCUT2D eigenvalue weighted by atomic mass is 10.2. The van der Waals surface area contributed by atoms with Crippen LogP contribution in [-0.2, 0) is 14.3 Å². The van der Waals surface area contributed by atoms with Crippen LogP contribution in [0.3, 0.4) is 0 Å². The van der Waals surface area contributed by atoms with E-state index in [1.165, 1.54) is 13.0 Å². The normalized spacial score (nSPS) is 11.6. The van der Waals surface area contributed by atoms with Gasteiger partial charge in [0.05, 0.1) is 0 Å². The van der Waals surface area contributed by atoms with Crippen LogP contribution in [0.15, 0.2) is 11.8 Å². The molecule has 0 N–H and O–H groups in total. The summed E-state index contributed by atoms with van der Waals surface area (Å²) in [5.74, 6) is -1.19. The van der Waals surface area contributed by atoms with Crippen LogP contribution in [0, 0.1) is 11.5 Å². The zero-order valence-corrected chi connectivity index (χ0v) is 10.9. The average molecular weight is 238 g/mol. The first-order chi connectivity index (χ1) is 7.72. The van der Waals surface area contributed by atoms with Crippen LogP contribution in [0.2, 0.25) is 0 Å². The van der Waals surface area contributed by atoms with Gasteiger partial charge in [-0.1, -0.05) is 13.0 Å². The fraction of sp³-hybridized carbons (Fsp3) is 0.583.